The van der Waals surface area contributed by atoms with Crippen molar-refractivity contribution in [2.24, 2.45) is 0 Å². The van der Waals surface area contributed by atoms with Gasteiger partial charge < -0.3 is 9.84 Å². The summed E-state index contributed by atoms with van der Waals surface area (Å²) in [6.07, 6.45) is 1.31. The number of carboxylic acid groups (broad SMARTS) is 1. The first-order valence-electron chi connectivity index (χ1n) is 4.47. The van der Waals surface area contributed by atoms with Crippen LogP contribution in [-0.2, 0) is 9.59 Å². The van der Waals surface area contributed by atoms with Crippen LogP contribution < -0.4 is 4.74 Å². The van der Waals surface area contributed by atoms with Gasteiger partial charge in [-0.05, 0) is 12.1 Å². The number of pyridine rings is 1. The number of ether oxygens (including phenoxy) is 1. The second-order valence-electron chi connectivity index (χ2n) is 3.06. The molecule has 0 spiro atoms. The van der Waals surface area contributed by atoms with E-state index in [-0.39, 0.29) is 5.75 Å². The van der Waals surface area contributed by atoms with Crippen LogP contribution in [0.15, 0.2) is 36.5 Å². The van der Waals surface area contributed by atoms with Crippen LogP contribution in [0.3, 0.4) is 0 Å². The summed E-state index contributed by atoms with van der Waals surface area (Å²) >= 11 is 0. The van der Waals surface area contributed by atoms with E-state index in [9.17, 15) is 9.59 Å². The lowest BCUT2D eigenvalue weighted by atomic mass is 10.2. The molecule has 2 aromatic rings. The molecule has 0 saturated heterocycles. The Hall–Kier alpha value is -2.43. The van der Waals surface area contributed by atoms with Gasteiger partial charge in [-0.2, -0.15) is 0 Å². The van der Waals surface area contributed by atoms with E-state index in [0.717, 1.165) is 10.9 Å². The van der Waals surface area contributed by atoms with Gasteiger partial charge in [0.15, 0.2) is 0 Å². The Bertz CT molecular complexity index is 565. The smallest absolute Gasteiger partial charge is 0.422 e. The molecule has 0 atom stereocenters. The van der Waals surface area contributed by atoms with Crippen molar-refractivity contribution < 1.29 is 19.4 Å². The van der Waals surface area contributed by atoms with E-state index >= 15 is 0 Å². The maximum absolute atomic E-state index is 10.8. The van der Waals surface area contributed by atoms with Crippen LogP contribution in [0, 0.1) is 0 Å². The first-order valence-corrected chi connectivity index (χ1v) is 4.47. The van der Waals surface area contributed by atoms with E-state index in [0.29, 0.717) is 0 Å². The Kier molecular flexibility index (Phi) is 2.51. The minimum Gasteiger partial charge on any atom is -0.473 e. The fourth-order valence-corrected chi connectivity index (χ4v) is 1.26. The number of fused-ring (bicyclic) bond motifs is 1. The lowest BCUT2D eigenvalue weighted by molar-refractivity contribution is -0.158. The molecule has 1 N–H and O–H groups in total. The summed E-state index contributed by atoms with van der Waals surface area (Å²) in [4.78, 5) is 25.1. The molecule has 5 heteroatoms. The van der Waals surface area contributed by atoms with Gasteiger partial charge >= 0.3 is 11.9 Å². The highest BCUT2D eigenvalue weighted by Gasteiger charge is 2.14. The molecule has 0 amide bonds. The molecular formula is C11H7NO4. The fourth-order valence-electron chi connectivity index (χ4n) is 1.26. The average Bonchev–Trinajstić information content (AvgIpc) is 2.28. The van der Waals surface area contributed by atoms with Crippen molar-refractivity contribution in [3.8, 4) is 5.75 Å². The van der Waals surface area contributed by atoms with Gasteiger partial charge in [0.25, 0.3) is 0 Å². The number of carboxylic acids is 1. The van der Waals surface area contributed by atoms with E-state index in [4.69, 9.17) is 5.11 Å². The molecule has 0 radical (unpaired) electrons. The average molecular weight is 217 g/mol. The standard InChI is InChI=1S/C11H7NO4/c13-10(14)11(15)16-8-5-7-3-1-2-4-9(7)12-6-8/h1-6H,(H,13,14). The van der Waals surface area contributed by atoms with E-state index in [1.807, 2.05) is 12.1 Å². The quantitative estimate of drug-likeness (QED) is 0.574. The Morgan fingerprint density at radius 3 is 2.75 bits per heavy atom. The highest BCUT2D eigenvalue weighted by molar-refractivity contribution is 6.29. The van der Waals surface area contributed by atoms with Gasteiger partial charge in [0.1, 0.15) is 5.75 Å². The van der Waals surface area contributed by atoms with Crippen LogP contribution >= 0.6 is 0 Å². The third-order valence-corrected chi connectivity index (χ3v) is 1.95. The minimum absolute atomic E-state index is 0.117. The monoisotopic (exact) mass is 217 g/mol. The van der Waals surface area contributed by atoms with Crippen LogP contribution in [0.1, 0.15) is 0 Å². The van der Waals surface area contributed by atoms with Crippen molar-refractivity contribution in [3.63, 3.8) is 0 Å². The number of benzene rings is 1. The molecule has 80 valence electrons. The van der Waals surface area contributed by atoms with Gasteiger partial charge in [-0.15, -0.1) is 0 Å². The number of nitrogens with zero attached hydrogens (tertiary/aromatic N) is 1. The molecule has 1 heterocycles. The lowest BCUT2D eigenvalue weighted by Crippen LogP contribution is -2.19. The second-order valence-corrected chi connectivity index (χ2v) is 3.06. The molecule has 0 aliphatic carbocycles. The molecule has 5 nitrogen and oxygen atoms in total. The summed E-state index contributed by atoms with van der Waals surface area (Å²) in [5.74, 6) is -2.84. The predicted octanol–water partition coefficient (Wildman–Crippen LogP) is 1.22. The molecule has 0 aliphatic heterocycles. The maximum Gasteiger partial charge on any atom is 0.422 e. The van der Waals surface area contributed by atoms with Crippen molar-refractivity contribution in [2.75, 3.05) is 0 Å². The van der Waals surface area contributed by atoms with Gasteiger partial charge in [0.2, 0.25) is 0 Å². The zero-order valence-electron chi connectivity index (χ0n) is 8.08. The molecule has 0 saturated carbocycles. The Balaban J connectivity index is 2.33. The Labute approximate surface area is 90.3 Å². The summed E-state index contributed by atoms with van der Waals surface area (Å²) in [6.45, 7) is 0. The number of para-hydroxylation sites is 1. The molecule has 0 unspecified atom stereocenters. The van der Waals surface area contributed by atoms with Crippen LogP contribution in [0.2, 0.25) is 0 Å². The van der Waals surface area contributed by atoms with Crippen molar-refractivity contribution >= 4 is 22.8 Å². The van der Waals surface area contributed by atoms with E-state index in [1.54, 1.807) is 18.2 Å². The summed E-state index contributed by atoms with van der Waals surface area (Å²) < 4.78 is 4.58. The SMILES string of the molecule is O=C(O)C(=O)Oc1cnc2ccccc2c1. The number of carbonyl (C=O) groups excluding carboxylic acids is 1. The first kappa shape index (κ1) is 10.1. The number of aromatic nitrogens is 1. The van der Waals surface area contributed by atoms with Crippen LogP contribution in [0.4, 0.5) is 0 Å². The van der Waals surface area contributed by atoms with Gasteiger partial charge in [0.05, 0.1) is 11.7 Å². The van der Waals surface area contributed by atoms with Crippen molar-refractivity contribution in [1.82, 2.24) is 4.98 Å². The summed E-state index contributed by atoms with van der Waals surface area (Å²) in [5.41, 5.74) is 0.748. The Morgan fingerprint density at radius 2 is 2.00 bits per heavy atom. The van der Waals surface area contributed by atoms with Crippen LogP contribution in [-0.4, -0.2) is 22.0 Å². The molecule has 1 aromatic carbocycles. The summed E-state index contributed by atoms with van der Waals surface area (Å²) in [5, 5.41) is 9.14. The van der Waals surface area contributed by atoms with Crippen LogP contribution in [0.25, 0.3) is 10.9 Å². The third kappa shape index (κ3) is 1.98. The van der Waals surface area contributed by atoms with Gasteiger partial charge in [-0.1, -0.05) is 18.2 Å². The molecule has 1 aromatic heterocycles. The lowest BCUT2D eigenvalue weighted by Gasteiger charge is -2.02. The van der Waals surface area contributed by atoms with E-state index < -0.39 is 11.9 Å². The number of carbonyl (C=O) groups is 2. The number of hydrogen-bond acceptors (Lipinski definition) is 4. The maximum atomic E-state index is 10.8. The highest BCUT2D eigenvalue weighted by atomic mass is 16.6. The van der Waals surface area contributed by atoms with Gasteiger partial charge in [0, 0.05) is 5.39 Å². The molecular weight excluding hydrogens is 210 g/mol. The van der Waals surface area contributed by atoms with Gasteiger partial charge in [-0.25, -0.2) is 9.59 Å². The number of aliphatic carboxylic acids is 1. The number of hydrogen-bond donors (Lipinski definition) is 1. The molecule has 0 bridgehead atoms. The van der Waals surface area contributed by atoms with E-state index in [2.05, 4.69) is 9.72 Å². The van der Waals surface area contributed by atoms with E-state index in [1.165, 1.54) is 6.20 Å². The van der Waals surface area contributed by atoms with Crippen molar-refractivity contribution in [1.29, 1.82) is 0 Å². The van der Waals surface area contributed by atoms with Crippen molar-refractivity contribution in [3.05, 3.63) is 36.5 Å². The fraction of sp³-hybridized carbons (Fsp3) is 0. The zero-order valence-corrected chi connectivity index (χ0v) is 8.08. The minimum atomic E-state index is -1.63. The molecule has 2 rings (SSSR count). The van der Waals surface area contributed by atoms with Crippen LogP contribution in [0.5, 0.6) is 5.75 Å². The normalized spacial score (nSPS) is 10.0. The van der Waals surface area contributed by atoms with Gasteiger partial charge in [-0.3, -0.25) is 4.98 Å². The number of rotatable bonds is 1. The predicted molar refractivity (Wildman–Crippen MR) is 55.0 cm³/mol. The Morgan fingerprint density at radius 1 is 1.25 bits per heavy atom. The van der Waals surface area contributed by atoms with Crippen molar-refractivity contribution in [2.45, 2.75) is 0 Å². The largest absolute Gasteiger partial charge is 0.473 e. The second kappa shape index (κ2) is 3.98. The zero-order chi connectivity index (χ0) is 11.5. The first-order chi connectivity index (χ1) is 7.66. The molecule has 0 fully saturated rings. The summed E-state index contributed by atoms with van der Waals surface area (Å²) in [6, 6.07) is 8.80. The number of esters is 1. The summed E-state index contributed by atoms with van der Waals surface area (Å²) in [7, 11) is 0. The molecule has 16 heavy (non-hydrogen) atoms. The third-order valence-electron chi connectivity index (χ3n) is 1.95. The molecule has 0 aliphatic rings. The highest BCUT2D eigenvalue weighted by Crippen LogP contribution is 2.17. The topological polar surface area (TPSA) is 76.5 Å².